The number of amides is 1. The summed E-state index contributed by atoms with van der Waals surface area (Å²) in [5.41, 5.74) is 2.02. The van der Waals surface area contributed by atoms with Gasteiger partial charge in [-0.3, -0.25) is 4.79 Å². The Kier molecular flexibility index (Phi) is 5.55. The zero-order chi connectivity index (χ0) is 20.2. The third kappa shape index (κ3) is 4.44. The molecule has 0 atom stereocenters. The van der Waals surface area contributed by atoms with E-state index in [-0.39, 0.29) is 12.5 Å². The molecule has 9 heteroatoms. The summed E-state index contributed by atoms with van der Waals surface area (Å²) in [5, 5.41) is 12.1. The lowest BCUT2D eigenvalue weighted by molar-refractivity contribution is 0.103. The molecule has 0 saturated heterocycles. The van der Waals surface area contributed by atoms with Gasteiger partial charge in [-0.05, 0) is 43.3 Å². The molecule has 29 heavy (non-hydrogen) atoms. The fraction of sp³-hybridized carbons (Fsp3) is 0.100. The Hall–Kier alpha value is -3.23. The van der Waals surface area contributed by atoms with Gasteiger partial charge in [-0.2, -0.15) is 0 Å². The predicted octanol–water partition coefficient (Wildman–Crippen LogP) is 4.52. The molecular formula is C20H16ClN5O2S. The van der Waals surface area contributed by atoms with E-state index < -0.39 is 0 Å². The van der Waals surface area contributed by atoms with Crippen LogP contribution >= 0.6 is 22.9 Å². The van der Waals surface area contributed by atoms with E-state index >= 15 is 0 Å². The lowest BCUT2D eigenvalue weighted by Gasteiger charge is -2.09. The minimum absolute atomic E-state index is 0.231. The number of carbonyl (C=O) groups is 1. The Morgan fingerprint density at radius 2 is 2.00 bits per heavy atom. The number of rotatable bonds is 6. The number of benzene rings is 2. The van der Waals surface area contributed by atoms with Crippen LogP contribution in [0.3, 0.4) is 0 Å². The summed E-state index contributed by atoms with van der Waals surface area (Å²) in [6.45, 7) is 2.08. The average molecular weight is 426 g/mol. The van der Waals surface area contributed by atoms with Gasteiger partial charge < -0.3 is 10.1 Å². The first-order chi connectivity index (χ1) is 14.1. The SMILES string of the molecule is Cc1nc(COc2ccc(Cl)cc2)sc1C(=O)Nc1ccccc1-n1ccnn1. The van der Waals surface area contributed by atoms with Gasteiger partial charge in [0.25, 0.3) is 5.91 Å². The summed E-state index contributed by atoms with van der Waals surface area (Å²) in [6, 6.07) is 14.5. The second kappa shape index (κ2) is 8.42. The summed E-state index contributed by atoms with van der Waals surface area (Å²) < 4.78 is 7.32. The summed E-state index contributed by atoms with van der Waals surface area (Å²) >= 11 is 7.18. The molecule has 4 aromatic rings. The second-order valence-electron chi connectivity index (χ2n) is 6.08. The number of thiazole rings is 1. The van der Waals surface area contributed by atoms with Crippen molar-refractivity contribution in [1.29, 1.82) is 0 Å². The maximum absolute atomic E-state index is 12.8. The van der Waals surface area contributed by atoms with E-state index in [9.17, 15) is 4.79 Å². The number of hydrogen-bond acceptors (Lipinski definition) is 6. The summed E-state index contributed by atoms with van der Waals surface area (Å²) in [6.07, 6.45) is 3.30. The maximum Gasteiger partial charge on any atom is 0.267 e. The lowest BCUT2D eigenvalue weighted by Crippen LogP contribution is -2.13. The van der Waals surface area contributed by atoms with Crippen LogP contribution < -0.4 is 10.1 Å². The number of para-hydroxylation sites is 2. The van der Waals surface area contributed by atoms with Crippen molar-refractivity contribution in [3.8, 4) is 11.4 Å². The molecule has 7 nitrogen and oxygen atoms in total. The first kappa shape index (κ1) is 19.1. The van der Waals surface area contributed by atoms with Crippen LogP contribution in [0.25, 0.3) is 5.69 Å². The molecule has 4 rings (SSSR count). The number of anilines is 1. The molecule has 0 aliphatic heterocycles. The Balaban J connectivity index is 1.48. The molecule has 0 aliphatic carbocycles. The van der Waals surface area contributed by atoms with Gasteiger partial charge in [-0.25, -0.2) is 9.67 Å². The highest BCUT2D eigenvalue weighted by atomic mass is 35.5. The number of nitrogens with one attached hydrogen (secondary N) is 1. The topological polar surface area (TPSA) is 81.9 Å². The Morgan fingerprint density at radius 1 is 1.21 bits per heavy atom. The number of aromatic nitrogens is 4. The fourth-order valence-electron chi connectivity index (χ4n) is 2.70. The minimum atomic E-state index is -0.231. The third-order valence-corrected chi connectivity index (χ3v) is 5.43. The number of nitrogens with zero attached hydrogens (tertiary/aromatic N) is 4. The molecule has 0 saturated carbocycles. The van der Waals surface area contributed by atoms with Gasteiger partial charge in [0.1, 0.15) is 22.2 Å². The Bertz CT molecular complexity index is 1130. The van der Waals surface area contributed by atoms with Gasteiger partial charge in [0.2, 0.25) is 0 Å². The van der Waals surface area contributed by atoms with E-state index in [1.54, 1.807) is 48.3 Å². The predicted molar refractivity (Wildman–Crippen MR) is 112 cm³/mol. The second-order valence-corrected chi connectivity index (χ2v) is 7.60. The van der Waals surface area contributed by atoms with Gasteiger partial charge in [-0.15, -0.1) is 16.4 Å². The van der Waals surface area contributed by atoms with Crippen molar-refractivity contribution in [3.63, 3.8) is 0 Å². The minimum Gasteiger partial charge on any atom is -0.486 e. The van der Waals surface area contributed by atoms with E-state index in [0.717, 1.165) is 5.69 Å². The molecule has 2 aromatic carbocycles. The van der Waals surface area contributed by atoms with Crippen molar-refractivity contribution < 1.29 is 9.53 Å². The van der Waals surface area contributed by atoms with Crippen LogP contribution in [0.15, 0.2) is 60.9 Å². The average Bonchev–Trinajstić information content (AvgIpc) is 3.38. The number of halogens is 1. The van der Waals surface area contributed by atoms with E-state index in [1.807, 2.05) is 24.3 Å². The number of aryl methyl sites for hydroxylation is 1. The monoisotopic (exact) mass is 425 g/mol. The molecular weight excluding hydrogens is 410 g/mol. The van der Waals surface area contributed by atoms with Crippen LogP contribution in [0.2, 0.25) is 5.02 Å². The molecule has 146 valence electrons. The largest absolute Gasteiger partial charge is 0.486 e. The van der Waals surface area contributed by atoms with Crippen molar-refractivity contribution >= 4 is 34.5 Å². The summed E-state index contributed by atoms with van der Waals surface area (Å²) in [7, 11) is 0. The van der Waals surface area contributed by atoms with Gasteiger partial charge in [-0.1, -0.05) is 28.9 Å². The van der Waals surface area contributed by atoms with Crippen molar-refractivity contribution in [2.45, 2.75) is 13.5 Å². The highest BCUT2D eigenvalue weighted by Crippen LogP contribution is 2.24. The maximum atomic E-state index is 12.8. The number of hydrogen-bond donors (Lipinski definition) is 1. The van der Waals surface area contributed by atoms with Crippen molar-refractivity contribution in [3.05, 3.63) is 81.5 Å². The van der Waals surface area contributed by atoms with E-state index in [1.165, 1.54) is 11.3 Å². The van der Waals surface area contributed by atoms with E-state index in [2.05, 4.69) is 20.6 Å². The van der Waals surface area contributed by atoms with Gasteiger partial charge in [0.15, 0.2) is 0 Å². The quantitative estimate of drug-likeness (QED) is 0.491. The van der Waals surface area contributed by atoms with Crippen LogP contribution in [-0.2, 0) is 6.61 Å². The zero-order valence-electron chi connectivity index (χ0n) is 15.4. The molecule has 1 N–H and O–H groups in total. The molecule has 2 aromatic heterocycles. The van der Waals surface area contributed by atoms with Crippen LogP contribution in [0, 0.1) is 6.92 Å². The third-order valence-electron chi connectivity index (χ3n) is 4.04. The number of ether oxygens (including phenoxy) is 1. The van der Waals surface area contributed by atoms with Gasteiger partial charge in [0, 0.05) is 5.02 Å². The zero-order valence-corrected chi connectivity index (χ0v) is 16.9. The molecule has 2 heterocycles. The molecule has 0 fully saturated rings. The van der Waals surface area contributed by atoms with E-state index in [4.69, 9.17) is 16.3 Å². The fourth-order valence-corrected chi connectivity index (χ4v) is 3.69. The summed E-state index contributed by atoms with van der Waals surface area (Å²) in [5.74, 6) is 0.459. The Morgan fingerprint density at radius 3 is 2.76 bits per heavy atom. The highest BCUT2D eigenvalue weighted by molar-refractivity contribution is 7.13. The molecule has 1 amide bonds. The van der Waals surface area contributed by atoms with Gasteiger partial charge >= 0.3 is 0 Å². The van der Waals surface area contributed by atoms with Crippen molar-refractivity contribution in [1.82, 2.24) is 20.0 Å². The first-order valence-electron chi connectivity index (χ1n) is 8.72. The Labute approximate surface area is 175 Å². The van der Waals surface area contributed by atoms with Crippen LogP contribution in [0.1, 0.15) is 20.4 Å². The van der Waals surface area contributed by atoms with Crippen molar-refractivity contribution in [2.24, 2.45) is 0 Å². The highest BCUT2D eigenvalue weighted by Gasteiger charge is 2.17. The normalized spacial score (nSPS) is 10.7. The smallest absolute Gasteiger partial charge is 0.267 e. The van der Waals surface area contributed by atoms with Crippen LogP contribution in [-0.4, -0.2) is 25.9 Å². The van der Waals surface area contributed by atoms with Crippen LogP contribution in [0.4, 0.5) is 5.69 Å². The summed E-state index contributed by atoms with van der Waals surface area (Å²) in [4.78, 5) is 17.8. The van der Waals surface area contributed by atoms with E-state index in [0.29, 0.717) is 32.0 Å². The molecule has 0 bridgehead atoms. The molecule has 0 spiro atoms. The molecule has 0 unspecified atom stereocenters. The van der Waals surface area contributed by atoms with Gasteiger partial charge in [0.05, 0.1) is 29.5 Å². The standard InChI is InChI=1S/C20H16ClN5O2S/c1-13-19(29-18(23-13)12-28-15-8-6-14(21)7-9-15)20(27)24-16-4-2-3-5-17(16)26-11-10-22-25-26/h2-11H,12H2,1H3,(H,24,27). The lowest BCUT2D eigenvalue weighted by atomic mass is 10.2. The van der Waals surface area contributed by atoms with Crippen LogP contribution in [0.5, 0.6) is 5.75 Å². The number of carbonyl (C=O) groups excluding carboxylic acids is 1. The molecule has 0 radical (unpaired) electrons. The first-order valence-corrected chi connectivity index (χ1v) is 9.91. The van der Waals surface area contributed by atoms with Crippen molar-refractivity contribution in [2.75, 3.05) is 5.32 Å². The molecule has 0 aliphatic rings.